The van der Waals surface area contributed by atoms with Gasteiger partial charge >= 0.3 is 0 Å². The Balaban J connectivity index is 1.89. The van der Waals surface area contributed by atoms with Crippen LogP contribution in [-0.4, -0.2) is 36.8 Å². The van der Waals surface area contributed by atoms with E-state index < -0.39 is 0 Å². The van der Waals surface area contributed by atoms with Crippen molar-refractivity contribution in [2.75, 3.05) is 26.6 Å². The second kappa shape index (κ2) is 7.60. The third-order valence-corrected chi connectivity index (χ3v) is 3.79. The van der Waals surface area contributed by atoms with Gasteiger partial charge in [-0.15, -0.1) is 0 Å². The van der Waals surface area contributed by atoms with E-state index in [2.05, 4.69) is 10.3 Å². The largest absolute Gasteiger partial charge is 0.493 e. The molecule has 3 rings (SSSR count). The van der Waals surface area contributed by atoms with Crippen LogP contribution in [0.5, 0.6) is 17.2 Å². The summed E-state index contributed by atoms with van der Waals surface area (Å²) < 4.78 is 17.7. The topological polar surface area (TPSA) is 74.6 Å². The minimum Gasteiger partial charge on any atom is -0.493 e. The summed E-state index contributed by atoms with van der Waals surface area (Å²) in [4.78, 5) is 16.5. The number of carbonyl (C=O) groups excluding carboxylic acids is 1. The number of methoxy groups -OCH3 is 3. The highest BCUT2D eigenvalue weighted by Gasteiger charge is 2.16. The molecule has 1 amide bonds. The van der Waals surface area contributed by atoms with E-state index in [1.165, 1.54) is 0 Å². The zero-order valence-electron chi connectivity index (χ0n) is 14.7. The zero-order chi connectivity index (χ0) is 18.5. The third-order valence-electron chi connectivity index (χ3n) is 3.79. The van der Waals surface area contributed by atoms with Gasteiger partial charge in [0.25, 0.3) is 5.91 Å². The van der Waals surface area contributed by atoms with Gasteiger partial charge in [0, 0.05) is 24.0 Å². The van der Waals surface area contributed by atoms with E-state index in [-0.39, 0.29) is 5.91 Å². The molecule has 0 aliphatic rings. The van der Waals surface area contributed by atoms with Crippen LogP contribution in [0.1, 0.15) is 10.5 Å². The molecule has 0 aliphatic carbocycles. The molecule has 0 fully saturated rings. The molecule has 0 aliphatic heterocycles. The lowest BCUT2D eigenvalue weighted by Crippen LogP contribution is -2.12. The van der Waals surface area contributed by atoms with E-state index in [9.17, 15) is 4.79 Å². The lowest BCUT2D eigenvalue weighted by atomic mass is 10.2. The highest BCUT2D eigenvalue weighted by molar-refractivity contribution is 6.02. The molecule has 0 saturated heterocycles. The molecule has 1 heterocycles. The molecule has 2 aromatic carbocycles. The van der Waals surface area contributed by atoms with Gasteiger partial charge in [0.2, 0.25) is 5.75 Å². The molecule has 7 nitrogen and oxygen atoms in total. The Hall–Kier alpha value is -3.48. The quantitative estimate of drug-likeness (QED) is 0.737. The fourth-order valence-electron chi connectivity index (χ4n) is 2.51. The van der Waals surface area contributed by atoms with Crippen molar-refractivity contribution in [3.05, 3.63) is 60.7 Å². The first-order valence-corrected chi connectivity index (χ1v) is 7.87. The van der Waals surface area contributed by atoms with Crippen LogP contribution in [0.4, 0.5) is 5.69 Å². The van der Waals surface area contributed by atoms with Crippen molar-refractivity contribution in [2.45, 2.75) is 0 Å². The maximum Gasteiger partial charge on any atom is 0.275 e. The van der Waals surface area contributed by atoms with Crippen LogP contribution in [0.15, 0.2) is 55.0 Å². The zero-order valence-corrected chi connectivity index (χ0v) is 14.7. The minimum absolute atomic E-state index is 0.289. The summed E-state index contributed by atoms with van der Waals surface area (Å²) >= 11 is 0. The predicted octanol–water partition coefficient (Wildman–Crippen LogP) is 3.15. The van der Waals surface area contributed by atoms with Crippen LogP contribution in [0.2, 0.25) is 0 Å². The number of rotatable bonds is 6. The number of aromatic nitrogens is 2. The number of nitrogens with one attached hydrogen (secondary N) is 1. The third kappa shape index (κ3) is 3.46. The SMILES string of the molecule is COc1cc(-n2cnc(C(=O)Nc3ccccc3)c2)cc(OC)c1OC. The summed E-state index contributed by atoms with van der Waals surface area (Å²) in [5, 5.41) is 2.80. The number of anilines is 1. The van der Waals surface area contributed by atoms with Crippen molar-refractivity contribution in [3.63, 3.8) is 0 Å². The Morgan fingerprint density at radius 3 is 2.23 bits per heavy atom. The maximum atomic E-state index is 12.3. The van der Waals surface area contributed by atoms with Crippen LogP contribution < -0.4 is 19.5 Å². The molecule has 1 N–H and O–H groups in total. The lowest BCUT2D eigenvalue weighted by molar-refractivity contribution is 0.102. The van der Waals surface area contributed by atoms with Gasteiger partial charge in [-0.25, -0.2) is 4.98 Å². The Bertz CT molecular complexity index is 881. The van der Waals surface area contributed by atoms with Gasteiger partial charge in [-0.2, -0.15) is 0 Å². The van der Waals surface area contributed by atoms with Gasteiger partial charge in [-0.05, 0) is 12.1 Å². The monoisotopic (exact) mass is 353 g/mol. The second-order valence-corrected chi connectivity index (χ2v) is 5.37. The number of nitrogens with zero attached hydrogens (tertiary/aromatic N) is 2. The van der Waals surface area contributed by atoms with Crippen LogP contribution in [0.3, 0.4) is 0 Å². The molecular formula is C19H19N3O4. The number of para-hydroxylation sites is 1. The van der Waals surface area contributed by atoms with Gasteiger partial charge < -0.3 is 24.1 Å². The molecule has 0 unspecified atom stereocenters. The van der Waals surface area contributed by atoms with E-state index in [1.54, 1.807) is 50.6 Å². The molecule has 7 heteroatoms. The standard InChI is InChI=1S/C19H19N3O4/c1-24-16-9-14(10-17(25-2)18(16)26-3)22-11-15(20-12-22)19(23)21-13-7-5-4-6-8-13/h4-12H,1-3H3,(H,21,23). The van der Waals surface area contributed by atoms with Crippen LogP contribution >= 0.6 is 0 Å². The molecule has 0 atom stereocenters. The van der Waals surface area contributed by atoms with Crippen molar-refractivity contribution >= 4 is 11.6 Å². The number of benzene rings is 2. The normalized spacial score (nSPS) is 10.3. The summed E-state index contributed by atoms with van der Waals surface area (Å²) in [5.41, 5.74) is 1.73. The maximum absolute atomic E-state index is 12.3. The number of carbonyl (C=O) groups is 1. The molecule has 0 radical (unpaired) electrons. The van der Waals surface area contributed by atoms with E-state index in [4.69, 9.17) is 14.2 Å². The first kappa shape index (κ1) is 17.3. The van der Waals surface area contributed by atoms with Crippen molar-refractivity contribution in [2.24, 2.45) is 0 Å². The van der Waals surface area contributed by atoms with Gasteiger partial charge in [0.05, 0.1) is 27.0 Å². The van der Waals surface area contributed by atoms with Gasteiger partial charge in [0.1, 0.15) is 12.0 Å². The van der Waals surface area contributed by atoms with Crippen LogP contribution in [0, 0.1) is 0 Å². The van der Waals surface area contributed by atoms with Crippen LogP contribution in [-0.2, 0) is 0 Å². The molecule has 1 aromatic heterocycles. The number of amides is 1. The van der Waals surface area contributed by atoms with Crippen molar-refractivity contribution in [3.8, 4) is 22.9 Å². The average Bonchev–Trinajstić information content (AvgIpc) is 3.18. The highest BCUT2D eigenvalue weighted by Crippen LogP contribution is 2.39. The lowest BCUT2D eigenvalue weighted by Gasteiger charge is -2.14. The Morgan fingerprint density at radius 2 is 1.65 bits per heavy atom. The number of hydrogen-bond acceptors (Lipinski definition) is 5. The van der Waals surface area contributed by atoms with Gasteiger partial charge in [-0.1, -0.05) is 18.2 Å². The summed E-state index contributed by atoms with van der Waals surface area (Å²) in [5.74, 6) is 1.25. The summed E-state index contributed by atoms with van der Waals surface area (Å²) in [7, 11) is 4.64. The Labute approximate surface area is 151 Å². The molecule has 0 spiro atoms. The van der Waals surface area contributed by atoms with E-state index >= 15 is 0 Å². The van der Waals surface area contributed by atoms with Crippen molar-refractivity contribution < 1.29 is 19.0 Å². The fourth-order valence-corrected chi connectivity index (χ4v) is 2.51. The highest BCUT2D eigenvalue weighted by atomic mass is 16.5. The Morgan fingerprint density at radius 1 is 1.00 bits per heavy atom. The molecular weight excluding hydrogens is 334 g/mol. The second-order valence-electron chi connectivity index (χ2n) is 5.37. The number of hydrogen-bond donors (Lipinski definition) is 1. The smallest absolute Gasteiger partial charge is 0.275 e. The predicted molar refractivity (Wildman–Crippen MR) is 97.6 cm³/mol. The number of ether oxygens (including phenoxy) is 3. The van der Waals surface area contributed by atoms with Gasteiger partial charge in [0.15, 0.2) is 11.5 Å². The Kier molecular flexibility index (Phi) is 5.07. The molecule has 0 saturated carbocycles. The summed E-state index contributed by atoms with van der Waals surface area (Å²) in [6.07, 6.45) is 3.19. The van der Waals surface area contributed by atoms with E-state index in [0.29, 0.717) is 28.6 Å². The molecule has 134 valence electrons. The molecule has 26 heavy (non-hydrogen) atoms. The summed E-state index contributed by atoms with van der Waals surface area (Å²) in [6.45, 7) is 0. The minimum atomic E-state index is -0.289. The first-order valence-electron chi connectivity index (χ1n) is 7.87. The first-order chi connectivity index (χ1) is 12.7. The van der Waals surface area contributed by atoms with E-state index in [1.807, 2.05) is 30.3 Å². The van der Waals surface area contributed by atoms with Crippen LogP contribution in [0.25, 0.3) is 5.69 Å². The fraction of sp³-hybridized carbons (Fsp3) is 0.158. The molecule has 0 bridgehead atoms. The molecule has 3 aromatic rings. The average molecular weight is 353 g/mol. The van der Waals surface area contributed by atoms with Crippen molar-refractivity contribution in [1.29, 1.82) is 0 Å². The number of imidazole rings is 1. The summed E-state index contributed by atoms with van der Waals surface area (Å²) in [6, 6.07) is 12.8. The van der Waals surface area contributed by atoms with Gasteiger partial charge in [-0.3, -0.25) is 4.79 Å². The van der Waals surface area contributed by atoms with E-state index in [0.717, 1.165) is 5.69 Å². The van der Waals surface area contributed by atoms with Crippen molar-refractivity contribution in [1.82, 2.24) is 9.55 Å².